The summed E-state index contributed by atoms with van der Waals surface area (Å²) in [6, 6.07) is 0. The summed E-state index contributed by atoms with van der Waals surface area (Å²) in [5, 5.41) is 8.44. The molecule has 0 spiro atoms. The third kappa shape index (κ3) is 13.6. The van der Waals surface area contributed by atoms with Gasteiger partial charge in [0.05, 0.1) is 12.2 Å². The van der Waals surface area contributed by atoms with Crippen LogP contribution < -0.4 is 0 Å². The van der Waals surface area contributed by atoms with Gasteiger partial charge in [-0.25, -0.2) is 4.79 Å². The summed E-state index contributed by atoms with van der Waals surface area (Å²) < 4.78 is 5.73. The van der Waals surface area contributed by atoms with Crippen molar-refractivity contribution in [2.45, 2.75) is 96.2 Å². The Labute approximate surface area is 153 Å². The average molecular weight is 349 g/mol. The molecule has 1 aliphatic heterocycles. The van der Waals surface area contributed by atoms with Crippen LogP contribution in [0.1, 0.15) is 84.0 Å². The minimum absolute atomic E-state index is 0.467. The second-order valence-corrected chi connectivity index (χ2v) is 6.92. The summed E-state index contributed by atoms with van der Waals surface area (Å²) in [5.74, 6) is -0.919. The maximum Gasteiger partial charge on any atom is 0.328 e. The molecule has 2 unspecified atom stereocenters. The van der Waals surface area contributed by atoms with Gasteiger partial charge in [0.2, 0.25) is 0 Å². The van der Waals surface area contributed by atoms with Crippen molar-refractivity contribution in [1.82, 2.24) is 0 Å². The van der Waals surface area contributed by atoms with Crippen LogP contribution in [0.15, 0.2) is 36.5 Å². The van der Waals surface area contributed by atoms with Gasteiger partial charge in [0, 0.05) is 6.08 Å². The van der Waals surface area contributed by atoms with Gasteiger partial charge in [0.1, 0.15) is 0 Å². The Kier molecular flexibility index (Phi) is 13.0. The Hall–Kier alpha value is -1.35. The van der Waals surface area contributed by atoms with Crippen LogP contribution >= 0.6 is 0 Å². The standard InChI is InChI=1S/C22H36O3/c1-2-3-4-5-6-7-8-11-14-17-20-21(25-20)18-15-12-9-10-13-16-19-22(23)24/h9-10,12-13,16,19-21H,2-8,11,14-15,17-18H2,1H3,(H,23,24). The van der Waals surface area contributed by atoms with Crippen LogP contribution in [-0.4, -0.2) is 23.3 Å². The van der Waals surface area contributed by atoms with E-state index in [1.807, 2.05) is 12.2 Å². The van der Waals surface area contributed by atoms with Crippen molar-refractivity contribution >= 4 is 5.97 Å². The molecule has 0 saturated carbocycles. The zero-order valence-corrected chi connectivity index (χ0v) is 15.9. The molecule has 1 rings (SSSR count). The average Bonchev–Trinajstić information content (AvgIpc) is 3.34. The monoisotopic (exact) mass is 348 g/mol. The van der Waals surface area contributed by atoms with E-state index >= 15 is 0 Å². The summed E-state index contributed by atoms with van der Waals surface area (Å²) in [5.41, 5.74) is 0. The molecule has 1 aliphatic rings. The molecular formula is C22H36O3. The van der Waals surface area contributed by atoms with Gasteiger partial charge in [-0.05, 0) is 19.3 Å². The fourth-order valence-corrected chi connectivity index (χ4v) is 3.04. The lowest BCUT2D eigenvalue weighted by atomic mass is 10.0. The summed E-state index contributed by atoms with van der Waals surface area (Å²) in [7, 11) is 0. The zero-order valence-electron chi connectivity index (χ0n) is 15.9. The zero-order chi connectivity index (χ0) is 18.2. The molecule has 25 heavy (non-hydrogen) atoms. The molecule has 0 bridgehead atoms. The van der Waals surface area contributed by atoms with Crippen LogP contribution in [0.2, 0.25) is 0 Å². The highest BCUT2D eigenvalue weighted by Crippen LogP contribution is 2.31. The second-order valence-electron chi connectivity index (χ2n) is 6.92. The van der Waals surface area contributed by atoms with E-state index in [1.54, 1.807) is 6.08 Å². The van der Waals surface area contributed by atoms with E-state index in [4.69, 9.17) is 9.84 Å². The molecule has 0 aromatic heterocycles. The van der Waals surface area contributed by atoms with E-state index in [0.717, 1.165) is 18.9 Å². The lowest BCUT2D eigenvalue weighted by molar-refractivity contribution is -0.131. The molecule has 1 N–H and O–H groups in total. The Bertz CT molecular complexity index is 423. The predicted molar refractivity (Wildman–Crippen MR) is 105 cm³/mol. The molecule has 3 nitrogen and oxygen atoms in total. The van der Waals surface area contributed by atoms with Gasteiger partial charge < -0.3 is 9.84 Å². The van der Waals surface area contributed by atoms with Crippen molar-refractivity contribution in [3.8, 4) is 0 Å². The van der Waals surface area contributed by atoms with Gasteiger partial charge in [-0.2, -0.15) is 0 Å². The number of allylic oxidation sites excluding steroid dienone is 5. The number of hydrogen-bond acceptors (Lipinski definition) is 2. The first-order valence-electron chi connectivity index (χ1n) is 10.1. The van der Waals surface area contributed by atoms with Gasteiger partial charge >= 0.3 is 5.97 Å². The van der Waals surface area contributed by atoms with Crippen molar-refractivity contribution in [3.63, 3.8) is 0 Å². The molecular weight excluding hydrogens is 312 g/mol. The van der Waals surface area contributed by atoms with Gasteiger partial charge in [-0.15, -0.1) is 0 Å². The Morgan fingerprint density at radius 3 is 2.12 bits per heavy atom. The number of carbonyl (C=O) groups is 1. The highest BCUT2D eigenvalue weighted by molar-refractivity contribution is 5.80. The van der Waals surface area contributed by atoms with Gasteiger partial charge in [-0.3, -0.25) is 0 Å². The second kappa shape index (κ2) is 14.9. The SMILES string of the molecule is CCCCCCCCCCCC1OC1CCC=CC=CC=CC(=O)O. The summed E-state index contributed by atoms with van der Waals surface area (Å²) >= 11 is 0. The van der Waals surface area contributed by atoms with Gasteiger partial charge in [0.25, 0.3) is 0 Å². The summed E-state index contributed by atoms with van der Waals surface area (Å²) in [6.07, 6.45) is 27.0. The van der Waals surface area contributed by atoms with Crippen molar-refractivity contribution in [2.75, 3.05) is 0 Å². The number of hydrogen-bond donors (Lipinski definition) is 1. The molecule has 0 radical (unpaired) electrons. The molecule has 1 fully saturated rings. The van der Waals surface area contributed by atoms with E-state index in [0.29, 0.717) is 12.2 Å². The van der Waals surface area contributed by atoms with E-state index in [9.17, 15) is 4.79 Å². The molecule has 142 valence electrons. The van der Waals surface area contributed by atoms with Crippen LogP contribution in [0.4, 0.5) is 0 Å². The molecule has 1 saturated heterocycles. The van der Waals surface area contributed by atoms with Crippen molar-refractivity contribution in [3.05, 3.63) is 36.5 Å². The number of aliphatic carboxylic acids is 1. The largest absolute Gasteiger partial charge is 0.478 e. The van der Waals surface area contributed by atoms with E-state index in [2.05, 4.69) is 13.0 Å². The Morgan fingerprint density at radius 1 is 0.840 bits per heavy atom. The fraction of sp³-hybridized carbons (Fsp3) is 0.682. The summed E-state index contributed by atoms with van der Waals surface area (Å²) in [4.78, 5) is 10.3. The molecule has 3 heteroatoms. The fourth-order valence-electron chi connectivity index (χ4n) is 3.04. The number of unbranched alkanes of at least 4 members (excludes halogenated alkanes) is 8. The highest BCUT2D eigenvalue weighted by atomic mass is 16.6. The Balaban J connectivity index is 1.86. The number of carboxylic acids is 1. The van der Waals surface area contributed by atoms with E-state index < -0.39 is 5.97 Å². The lowest BCUT2D eigenvalue weighted by Crippen LogP contribution is -1.93. The normalized spacial score (nSPS) is 20.2. The van der Waals surface area contributed by atoms with Crippen LogP contribution in [0.3, 0.4) is 0 Å². The minimum Gasteiger partial charge on any atom is -0.478 e. The van der Waals surface area contributed by atoms with Crippen molar-refractivity contribution in [2.24, 2.45) is 0 Å². The van der Waals surface area contributed by atoms with Crippen LogP contribution in [0.5, 0.6) is 0 Å². The highest BCUT2D eigenvalue weighted by Gasteiger charge is 2.36. The van der Waals surface area contributed by atoms with Crippen LogP contribution in [0, 0.1) is 0 Å². The smallest absolute Gasteiger partial charge is 0.328 e. The van der Waals surface area contributed by atoms with E-state index in [-0.39, 0.29) is 0 Å². The molecule has 1 heterocycles. The predicted octanol–water partition coefficient (Wildman–Crippen LogP) is 6.21. The number of ether oxygens (including phenoxy) is 1. The van der Waals surface area contributed by atoms with Crippen molar-refractivity contribution < 1.29 is 14.6 Å². The Morgan fingerprint density at radius 2 is 1.44 bits per heavy atom. The summed E-state index contributed by atoms with van der Waals surface area (Å²) in [6.45, 7) is 2.27. The number of carboxylic acid groups (broad SMARTS) is 1. The third-order valence-corrected chi connectivity index (χ3v) is 4.61. The molecule has 2 atom stereocenters. The maximum atomic E-state index is 10.3. The minimum atomic E-state index is -0.919. The molecule has 0 aromatic carbocycles. The van der Waals surface area contributed by atoms with E-state index in [1.165, 1.54) is 70.3 Å². The van der Waals surface area contributed by atoms with Crippen LogP contribution in [0.25, 0.3) is 0 Å². The first-order chi connectivity index (χ1) is 12.2. The molecule has 0 aromatic rings. The van der Waals surface area contributed by atoms with Crippen molar-refractivity contribution in [1.29, 1.82) is 0 Å². The topological polar surface area (TPSA) is 49.8 Å². The van der Waals surface area contributed by atoms with Crippen LogP contribution in [-0.2, 0) is 9.53 Å². The molecule has 0 amide bonds. The number of epoxide rings is 1. The molecule has 0 aliphatic carbocycles. The lowest BCUT2D eigenvalue weighted by Gasteiger charge is -2.01. The number of rotatable bonds is 16. The van der Waals surface area contributed by atoms with Gasteiger partial charge in [-0.1, -0.05) is 95.1 Å². The quantitative estimate of drug-likeness (QED) is 0.156. The first kappa shape index (κ1) is 21.7. The third-order valence-electron chi connectivity index (χ3n) is 4.61. The first-order valence-corrected chi connectivity index (χ1v) is 10.1. The maximum absolute atomic E-state index is 10.3. The van der Waals surface area contributed by atoms with Gasteiger partial charge in [0.15, 0.2) is 0 Å².